The van der Waals surface area contributed by atoms with Crippen LogP contribution in [0.2, 0.25) is 10.0 Å². The third-order valence-electron chi connectivity index (χ3n) is 6.58. The molecule has 3 aromatic rings. The highest BCUT2D eigenvalue weighted by Gasteiger charge is 2.25. The van der Waals surface area contributed by atoms with Gasteiger partial charge in [0.15, 0.2) is 5.69 Å². The molecule has 3 amide bonds. The van der Waals surface area contributed by atoms with E-state index in [1.54, 1.807) is 18.2 Å². The van der Waals surface area contributed by atoms with Gasteiger partial charge in [-0.2, -0.15) is 5.10 Å². The zero-order valence-corrected chi connectivity index (χ0v) is 24.4. The van der Waals surface area contributed by atoms with Gasteiger partial charge >= 0.3 is 0 Å². The fourth-order valence-corrected chi connectivity index (χ4v) is 5.02. The van der Waals surface area contributed by atoms with E-state index >= 15 is 0 Å². The lowest BCUT2D eigenvalue weighted by molar-refractivity contribution is -0.111. The van der Waals surface area contributed by atoms with Crippen molar-refractivity contribution in [2.45, 2.75) is 25.4 Å². The maximum absolute atomic E-state index is 13.0. The number of carbonyl (C=O) groups excluding carboxylic acids is 3. The number of carbonyl (C=O) groups is 3. The van der Waals surface area contributed by atoms with Crippen LogP contribution in [0, 0.1) is 0 Å². The fraction of sp³-hybridized carbons (Fsp3) is 0.310. The van der Waals surface area contributed by atoms with Crippen molar-refractivity contribution in [2.75, 3.05) is 44.4 Å². The van der Waals surface area contributed by atoms with E-state index in [4.69, 9.17) is 23.2 Å². The van der Waals surface area contributed by atoms with Gasteiger partial charge in [0.2, 0.25) is 5.91 Å². The number of H-pyrrole nitrogens is 1. The quantitative estimate of drug-likeness (QED) is 0.257. The van der Waals surface area contributed by atoms with Crippen LogP contribution in [0.4, 0.5) is 11.4 Å². The molecule has 0 spiro atoms. The van der Waals surface area contributed by atoms with Crippen LogP contribution in [0.25, 0.3) is 0 Å². The van der Waals surface area contributed by atoms with Crippen LogP contribution >= 0.6 is 23.2 Å². The zero-order valence-electron chi connectivity index (χ0n) is 22.9. The average Bonchev–Trinajstić information content (AvgIpc) is 3.39. The minimum Gasteiger partial charge on any atom is -0.348 e. The maximum Gasteiger partial charge on any atom is 0.274 e. The van der Waals surface area contributed by atoms with Crippen LogP contribution in [-0.4, -0.2) is 77.5 Å². The van der Waals surface area contributed by atoms with Crippen LogP contribution in [0.5, 0.6) is 0 Å². The minimum absolute atomic E-state index is 0.0184. The van der Waals surface area contributed by atoms with Crippen LogP contribution in [0.3, 0.4) is 0 Å². The molecule has 0 aliphatic carbocycles. The Morgan fingerprint density at radius 2 is 1.71 bits per heavy atom. The first-order chi connectivity index (χ1) is 19.7. The van der Waals surface area contributed by atoms with Crippen LogP contribution in [0.1, 0.15) is 39.3 Å². The summed E-state index contributed by atoms with van der Waals surface area (Å²) in [7, 11) is 3.89. The molecule has 4 rings (SSSR count). The van der Waals surface area contributed by atoms with Crippen molar-refractivity contribution in [1.82, 2.24) is 25.3 Å². The molecule has 1 aromatic heterocycles. The molecule has 0 bridgehead atoms. The number of benzene rings is 2. The van der Waals surface area contributed by atoms with E-state index in [0.717, 1.165) is 43.7 Å². The van der Waals surface area contributed by atoms with Crippen molar-refractivity contribution in [1.29, 1.82) is 0 Å². The van der Waals surface area contributed by atoms with Crippen LogP contribution in [-0.2, 0) is 11.3 Å². The summed E-state index contributed by atoms with van der Waals surface area (Å²) in [6.45, 7) is 3.11. The van der Waals surface area contributed by atoms with Gasteiger partial charge < -0.3 is 20.9 Å². The van der Waals surface area contributed by atoms with Crippen molar-refractivity contribution in [3.05, 3.63) is 87.7 Å². The van der Waals surface area contributed by atoms with E-state index in [1.807, 2.05) is 49.3 Å². The summed E-state index contributed by atoms with van der Waals surface area (Å²) in [6, 6.07) is 12.6. The summed E-state index contributed by atoms with van der Waals surface area (Å²) in [5, 5.41) is 15.7. The Morgan fingerprint density at radius 3 is 2.37 bits per heavy atom. The number of amides is 3. The van der Waals surface area contributed by atoms with E-state index in [-0.39, 0.29) is 44.8 Å². The summed E-state index contributed by atoms with van der Waals surface area (Å²) in [6.07, 6.45) is 6.36. The van der Waals surface area contributed by atoms with Crippen molar-refractivity contribution in [2.24, 2.45) is 0 Å². The third-order valence-corrected chi connectivity index (χ3v) is 7.21. The van der Waals surface area contributed by atoms with Gasteiger partial charge in [-0.25, -0.2) is 0 Å². The third kappa shape index (κ3) is 8.64. The van der Waals surface area contributed by atoms with Crippen molar-refractivity contribution < 1.29 is 14.4 Å². The summed E-state index contributed by atoms with van der Waals surface area (Å²) in [5.74, 6) is -1.06. The minimum atomic E-state index is -0.531. The number of halogens is 2. The molecule has 10 nitrogen and oxygen atoms in total. The molecule has 0 unspecified atom stereocenters. The van der Waals surface area contributed by atoms with Crippen molar-refractivity contribution in [3.63, 3.8) is 0 Å². The molecule has 0 atom stereocenters. The summed E-state index contributed by atoms with van der Waals surface area (Å²) in [5.41, 5.74) is 2.35. The molecule has 1 fully saturated rings. The number of likely N-dealkylation sites (N-methyl/N-ethyl adjacent to an activating group) is 1. The Kier molecular flexibility index (Phi) is 10.5. The van der Waals surface area contributed by atoms with Gasteiger partial charge in [0.1, 0.15) is 0 Å². The number of piperidine rings is 1. The number of rotatable bonds is 10. The number of hydrogen-bond acceptors (Lipinski definition) is 6. The van der Waals surface area contributed by atoms with Crippen molar-refractivity contribution >= 4 is 52.3 Å². The van der Waals surface area contributed by atoms with Gasteiger partial charge in [-0.1, -0.05) is 47.5 Å². The predicted octanol–water partition coefficient (Wildman–Crippen LogP) is 4.42. The maximum atomic E-state index is 13.0. The SMILES string of the molecule is CN(C)C/C=C/C(=O)Nc1ccc(CN2CCC(NC(=O)c3n[nH]cc3NC(=O)c3c(Cl)cccc3Cl)CC2)cc1. The zero-order chi connectivity index (χ0) is 29.4. The highest BCUT2D eigenvalue weighted by Crippen LogP contribution is 2.26. The number of nitrogens with zero attached hydrogens (tertiary/aromatic N) is 3. The number of nitrogens with one attached hydrogen (secondary N) is 4. The first kappa shape index (κ1) is 30.3. The highest BCUT2D eigenvalue weighted by atomic mass is 35.5. The summed E-state index contributed by atoms with van der Waals surface area (Å²) in [4.78, 5) is 42.1. The lowest BCUT2D eigenvalue weighted by atomic mass is 10.0. The topological polar surface area (TPSA) is 122 Å². The Bertz CT molecular complexity index is 1380. The smallest absolute Gasteiger partial charge is 0.274 e. The molecule has 4 N–H and O–H groups in total. The van der Waals surface area contributed by atoms with Crippen LogP contribution in [0.15, 0.2) is 60.8 Å². The number of anilines is 2. The largest absolute Gasteiger partial charge is 0.348 e. The molecule has 2 aromatic carbocycles. The second kappa shape index (κ2) is 14.3. The Balaban J connectivity index is 1.24. The molecular formula is C29H33Cl2N7O3. The highest BCUT2D eigenvalue weighted by molar-refractivity contribution is 6.40. The van der Waals surface area contributed by atoms with Crippen LogP contribution < -0.4 is 16.0 Å². The van der Waals surface area contributed by atoms with E-state index in [9.17, 15) is 14.4 Å². The normalized spacial score (nSPS) is 14.4. The molecule has 2 heterocycles. The van der Waals surface area contributed by atoms with Gasteiger partial charge in [0, 0.05) is 50.2 Å². The number of hydrogen-bond donors (Lipinski definition) is 4. The lowest BCUT2D eigenvalue weighted by Gasteiger charge is -2.32. The molecule has 1 aliphatic rings. The average molecular weight is 599 g/mol. The van der Waals surface area contributed by atoms with Gasteiger partial charge in [0.05, 0.1) is 21.3 Å². The molecule has 0 saturated carbocycles. The summed E-state index contributed by atoms with van der Waals surface area (Å²) >= 11 is 12.3. The monoisotopic (exact) mass is 597 g/mol. The van der Waals surface area contributed by atoms with E-state index < -0.39 is 5.91 Å². The Morgan fingerprint density at radius 1 is 1.02 bits per heavy atom. The number of likely N-dealkylation sites (tertiary alicyclic amines) is 1. The van der Waals surface area contributed by atoms with Gasteiger partial charge in [-0.3, -0.25) is 24.4 Å². The second-order valence-corrected chi connectivity index (χ2v) is 10.9. The second-order valence-electron chi connectivity index (χ2n) is 10.1. The molecule has 0 radical (unpaired) electrons. The molecule has 41 heavy (non-hydrogen) atoms. The van der Waals surface area contributed by atoms with E-state index in [1.165, 1.54) is 12.3 Å². The molecule has 12 heteroatoms. The van der Waals surface area contributed by atoms with Gasteiger partial charge in [-0.05, 0) is 56.8 Å². The fourth-order valence-electron chi connectivity index (χ4n) is 4.45. The predicted molar refractivity (Wildman–Crippen MR) is 162 cm³/mol. The Labute approximate surface area is 249 Å². The molecule has 216 valence electrons. The standard InChI is InChI=1S/C29H33Cl2N7O3/c1-37(2)14-4-7-25(39)33-20-10-8-19(9-11-20)18-38-15-12-21(13-16-38)34-29(41)27-24(17-32-36-27)35-28(40)26-22(30)5-3-6-23(26)31/h3-11,17,21H,12-16,18H2,1-2H3,(H,32,36)(H,33,39)(H,34,41)(H,35,40)/b7-4+. The van der Waals surface area contributed by atoms with Gasteiger partial charge in [-0.15, -0.1) is 0 Å². The van der Waals surface area contributed by atoms with E-state index in [0.29, 0.717) is 6.54 Å². The number of aromatic nitrogens is 2. The first-order valence-corrected chi connectivity index (χ1v) is 14.0. The van der Waals surface area contributed by atoms with Crippen molar-refractivity contribution in [3.8, 4) is 0 Å². The lowest BCUT2D eigenvalue weighted by Crippen LogP contribution is -2.44. The van der Waals surface area contributed by atoms with Gasteiger partial charge in [0.25, 0.3) is 11.8 Å². The number of aromatic amines is 1. The molecule has 1 aliphatic heterocycles. The first-order valence-electron chi connectivity index (χ1n) is 13.2. The molecule has 1 saturated heterocycles. The molecular weight excluding hydrogens is 565 g/mol. The Hall–Kier alpha value is -3.70. The van der Waals surface area contributed by atoms with E-state index in [2.05, 4.69) is 31.0 Å². The summed E-state index contributed by atoms with van der Waals surface area (Å²) < 4.78 is 0.